The first-order valence-electron chi connectivity index (χ1n) is 10.5. The molecule has 0 saturated heterocycles. The van der Waals surface area contributed by atoms with Gasteiger partial charge in [-0.15, -0.1) is 0 Å². The normalized spacial score (nSPS) is 17.9. The van der Waals surface area contributed by atoms with Gasteiger partial charge in [-0.05, 0) is 59.3 Å². The van der Waals surface area contributed by atoms with E-state index in [0.717, 1.165) is 41.5 Å². The molecule has 0 aromatic heterocycles. The fourth-order valence-corrected chi connectivity index (χ4v) is 5.15. The van der Waals surface area contributed by atoms with E-state index in [2.05, 4.69) is 41.5 Å². The summed E-state index contributed by atoms with van der Waals surface area (Å²) in [5.41, 5.74) is 3.73. The molecule has 2 rings (SSSR count). The molecular weight excluding hydrogens is 399 g/mol. The Balaban J connectivity index is 2.58. The van der Waals surface area contributed by atoms with E-state index >= 15 is 0 Å². The van der Waals surface area contributed by atoms with Crippen molar-refractivity contribution in [2.45, 2.75) is 72.1 Å². The number of carbonyl (C=O) groups excluding carboxylic acids is 1. The molecule has 1 unspecified atom stereocenters. The van der Waals surface area contributed by atoms with Crippen LogP contribution in [0.1, 0.15) is 82.6 Å². The Kier molecular flexibility index (Phi) is 7.44. The van der Waals surface area contributed by atoms with Crippen LogP contribution < -0.4 is 0 Å². The maximum Gasteiger partial charge on any atom is 0.337 e. The minimum absolute atomic E-state index is 0.0174. The lowest BCUT2D eigenvalue weighted by Crippen LogP contribution is -2.25. The molecule has 0 spiro atoms. The molecular formula is C24H37O5P. The molecule has 1 aliphatic carbocycles. The molecule has 1 N–H and O–H groups in total. The SMILES string of the molecule is COP(=O)(CC(=O)/C=C/c1cc(C(C)(C)C)c(O)c2c1CCCC2C(C)(C)C)OC. The van der Waals surface area contributed by atoms with Crippen molar-refractivity contribution < 1.29 is 23.5 Å². The fourth-order valence-electron chi connectivity index (χ4n) is 4.25. The third-order valence-electron chi connectivity index (χ3n) is 5.96. The van der Waals surface area contributed by atoms with Crippen molar-refractivity contribution in [1.29, 1.82) is 0 Å². The number of hydrogen-bond acceptors (Lipinski definition) is 5. The maximum absolute atomic E-state index is 12.4. The van der Waals surface area contributed by atoms with Crippen LogP contribution in [0.3, 0.4) is 0 Å². The molecule has 1 atom stereocenters. The Hall–Kier alpha value is -1.42. The highest BCUT2D eigenvalue weighted by molar-refractivity contribution is 7.54. The minimum atomic E-state index is -3.40. The zero-order valence-electron chi connectivity index (χ0n) is 19.7. The number of aromatic hydroxyl groups is 1. The van der Waals surface area contributed by atoms with Gasteiger partial charge in [0.1, 0.15) is 11.9 Å². The van der Waals surface area contributed by atoms with E-state index in [1.807, 2.05) is 6.07 Å². The van der Waals surface area contributed by atoms with Crippen molar-refractivity contribution in [1.82, 2.24) is 0 Å². The highest BCUT2D eigenvalue weighted by Gasteiger charge is 2.36. The lowest BCUT2D eigenvalue weighted by molar-refractivity contribution is -0.112. The van der Waals surface area contributed by atoms with E-state index in [4.69, 9.17) is 9.05 Å². The summed E-state index contributed by atoms with van der Waals surface area (Å²) in [6, 6.07) is 2.00. The van der Waals surface area contributed by atoms with Crippen LogP contribution in [0, 0.1) is 5.41 Å². The van der Waals surface area contributed by atoms with Crippen LogP contribution in [0.15, 0.2) is 12.1 Å². The predicted molar refractivity (Wildman–Crippen MR) is 122 cm³/mol. The average Bonchev–Trinajstić information content (AvgIpc) is 2.65. The van der Waals surface area contributed by atoms with E-state index in [1.54, 1.807) is 6.08 Å². The molecule has 1 aromatic rings. The van der Waals surface area contributed by atoms with Gasteiger partial charge < -0.3 is 14.2 Å². The highest BCUT2D eigenvalue weighted by Crippen LogP contribution is 2.51. The van der Waals surface area contributed by atoms with Crippen LogP contribution in [0.5, 0.6) is 5.75 Å². The van der Waals surface area contributed by atoms with Gasteiger partial charge in [0.25, 0.3) is 0 Å². The monoisotopic (exact) mass is 436 g/mol. The fraction of sp³-hybridized carbons (Fsp3) is 0.625. The number of benzene rings is 1. The smallest absolute Gasteiger partial charge is 0.337 e. The van der Waals surface area contributed by atoms with Crippen molar-refractivity contribution in [2.75, 3.05) is 20.4 Å². The van der Waals surface area contributed by atoms with Gasteiger partial charge in [0.2, 0.25) is 0 Å². The molecule has 0 bridgehead atoms. The number of fused-ring (bicyclic) bond motifs is 1. The number of carbonyl (C=O) groups is 1. The van der Waals surface area contributed by atoms with E-state index in [1.165, 1.54) is 20.3 Å². The molecule has 0 saturated carbocycles. The summed E-state index contributed by atoms with van der Waals surface area (Å²) < 4.78 is 22.0. The van der Waals surface area contributed by atoms with Crippen LogP contribution in [-0.4, -0.2) is 31.3 Å². The second-order valence-electron chi connectivity index (χ2n) is 10.2. The van der Waals surface area contributed by atoms with Crippen molar-refractivity contribution in [3.05, 3.63) is 34.4 Å². The second kappa shape index (κ2) is 8.98. The third-order valence-corrected chi connectivity index (χ3v) is 7.77. The Bertz CT molecular complexity index is 863. The summed E-state index contributed by atoms with van der Waals surface area (Å²) in [5, 5.41) is 11.3. The summed E-state index contributed by atoms with van der Waals surface area (Å²) >= 11 is 0. The minimum Gasteiger partial charge on any atom is -0.507 e. The van der Waals surface area contributed by atoms with E-state index < -0.39 is 7.60 Å². The van der Waals surface area contributed by atoms with Crippen molar-refractivity contribution in [3.63, 3.8) is 0 Å². The van der Waals surface area contributed by atoms with Gasteiger partial charge >= 0.3 is 7.60 Å². The summed E-state index contributed by atoms with van der Waals surface area (Å²) in [6.07, 6.45) is 5.88. The first kappa shape index (κ1) is 24.8. The Morgan fingerprint density at radius 3 is 2.30 bits per heavy atom. The molecule has 0 amide bonds. The van der Waals surface area contributed by atoms with Gasteiger partial charge in [0, 0.05) is 25.3 Å². The van der Waals surface area contributed by atoms with Crippen molar-refractivity contribution in [3.8, 4) is 5.75 Å². The van der Waals surface area contributed by atoms with E-state index in [-0.39, 0.29) is 28.7 Å². The topological polar surface area (TPSA) is 72.8 Å². The second-order valence-corrected chi connectivity index (χ2v) is 12.5. The van der Waals surface area contributed by atoms with Crippen LogP contribution in [0.2, 0.25) is 0 Å². The first-order valence-corrected chi connectivity index (χ1v) is 12.3. The molecule has 1 aromatic carbocycles. The number of hydrogen-bond donors (Lipinski definition) is 1. The lowest BCUT2D eigenvalue weighted by Gasteiger charge is -2.38. The number of phenols is 1. The maximum atomic E-state index is 12.4. The van der Waals surface area contributed by atoms with E-state index in [9.17, 15) is 14.5 Å². The molecule has 5 nitrogen and oxygen atoms in total. The molecule has 0 fully saturated rings. The molecule has 1 aliphatic rings. The largest absolute Gasteiger partial charge is 0.507 e. The van der Waals surface area contributed by atoms with Gasteiger partial charge in [-0.2, -0.15) is 0 Å². The van der Waals surface area contributed by atoms with Crippen molar-refractivity contribution in [2.24, 2.45) is 5.41 Å². The molecule has 0 aliphatic heterocycles. The lowest BCUT2D eigenvalue weighted by atomic mass is 9.66. The molecule has 30 heavy (non-hydrogen) atoms. The van der Waals surface area contributed by atoms with E-state index in [0.29, 0.717) is 5.75 Å². The van der Waals surface area contributed by atoms with Gasteiger partial charge in [0.15, 0.2) is 5.78 Å². The molecule has 0 heterocycles. The summed E-state index contributed by atoms with van der Waals surface area (Å²) in [4.78, 5) is 12.4. The van der Waals surface area contributed by atoms with Crippen LogP contribution in [0.25, 0.3) is 6.08 Å². The zero-order chi connectivity index (χ0) is 22.9. The Morgan fingerprint density at radius 2 is 1.80 bits per heavy atom. The Labute approximate surface area is 181 Å². The van der Waals surface area contributed by atoms with Crippen LogP contribution in [0.4, 0.5) is 0 Å². The summed E-state index contributed by atoms with van der Waals surface area (Å²) in [7, 11) is -0.843. The zero-order valence-corrected chi connectivity index (χ0v) is 20.6. The summed E-state index contributed by atoms with van der Waals surface area (Å²) in [5.74, 6) is 0.321. The average molecular weight is 437 g/mol. The van der Waals surface area contributed by atoms with Gasteiger partial charge in [0.05, 0.1) is 0 Å². The summed E-state index contributed by atoms with van der Waals surface area (Å²) in [6.45, 7) is 12.9. The number of phenolic OH excluding ortho intramolecular Hbond substituents is 1. The van der Waals surface area contributed by atoms with Gasteiger partial charge in [-0.3, -0.25) is 9.36 Å². The standard InChI is InChI=1S/C24H37O5P/c1-23(2,3)19-11-9-10-18-16(12-13-17(25)15-30(27,28-7)29-8)14-20(24(4,5)6)22(26)21(18)19/h12-14,19,26H,9-11,15H2,1-8H3/b13-12+. The number of allylic oxidation sites excluding steroid dienone is 1. The molecule has 0 radical (unpaired) electrons. The van der Waals surface area contributed by atoms with Gasteiger partial charge in [-0.1, -0.05) is 47.6 Å². The highest BCUT2D eigenvalue weighted by atomic mass is 31.2. The Morgan fingerprint density at radius 1 is 1.20 bits per heavy atom. The van der Waals surface area contributed by atoms with Crippen molar-refractivity contribution >= 4 is 19.5 Å². The predicted octanol–water partition coefficient (Wildman–Crippen LogP) is 6.22. The van der Waals surface area contributed by atoms with Crippen LogP contribution >= 0.6 is 7.60 Å². The number of rotatable bonds is 6. The first-order chi connectivity index (χ1) is 13.7. The molecule has 168 valence electrons. The third kappa shape index (κ3) is 5.43. The van der Waals surface area contributed by atoms with Crippen LogP contribution in [-0.2, 0) is 30.2 Å². The quantitative estimate of drug-likeness (QED) is 0.423. The molecule has 6 heteroatoms. The number of ketones is 1. The van der Waals surface area contributed by atoms with Gasteiger partial charge in [-0.25, -0.2) is 0 Å².